The van der Waals surface area contributed by atoms with E-state index in [9.17, 15) is 19.2 Å². The average molecular weight is 778 g/mol. The lowest BCUT2D eigenvalue weighted by Crippen LogP contribution is -2.57. The minimum absolute atomic E-state index is 0.0415. The molecule has 4 amide bonds. The summed E-state index contributed by atoms with van der Waals surface area (Å²) < 4.78 is 5.01. The van der Waals surface area contributed by atoms with Gasteiger partial charge >= 0.3 is 6.09 Å². The van der Waals surface area contributed by atoms with E-state index in [1.54, 1.807) is 36.6 Å². The quantitative estimate of drug-likeness (QED) is 0.190. The van der Waals surface area contributed by atoms with Crippen molar-refractivity contribution in [1.29, 1.82) is 0 Å². The first-order valence-electron chi connectivity index (χ1n) is 18.5. The van der Waals surface area contributed by atoms with Gasteiger partial charge in [0.15, 0.2) is 0 Å². The van der Waals surface area contributed by atoms with Crippen LogP contribution in [0.2, 0.25) is 0 Å². The van der Waals surface area contributed by atoms with Gasteiger partial charge in [-0.15, -0.1) is 22.7 Å². The van der Waals surface area contributed by atoms with Gasteiger partial charge in [-0.3, -0.25) is 24.4 Å². The molecule has 0 bridgehead atoms. The number of ether oxygens (including phenoxy) is 1. The fourth-order valence-electron chi connectivity index (χ4n) is 7.20. The van der Waals surface area contributed by atoms with Gasteiger partial charge < -0.3 is 30.1 Å². The van der Waals surface area contributed by atoms with Gasteiger partial charge in [0.25, 0.3) is 11.8 Å². The number of nitrogens with one attached hydrogen (secondary N) is 2. The number of amides is 4. The van der Waals surface area contributed by atoms with E-state index in [4.69, 9.17) is 4.74 Å². The average Bonchev–Trinajstić information content (AvgIpc) is 4.00. The lowest BCUT2D eigenvalue weighted by Gasteiger charge is -2.43. The van der Waals surface area contributed by atoms with Gasteiger partial charge in [-0.1, -0.05) is 18.2 Å². The number of nitrogens with zero attached hydrogens (tertiary/aromatic N) is 5. The van der Waals surface area contributed by atoms with Crippen LogP contribution in [0.3, 0.4) is 0 Å². The smallest absolute Gasteiger partial charge is 0.409 e. The molecule has 0 radical (unpaired) electrons. The van der Waals surface area contributed by atoms with Crippen LogP contribution >= 0.6 is 22.7 Å². The second kappa shape index (κ2) is 17.2. The summed E-state index contributed by atoms with van der Waals surface area (Å²) in [6.07, 6.45) is 9.47. The molecule has 14 heteroatoms. The van der Waals surface area contributed by atoms with E-state index < -0.39 is 5.54 Å². The minimum atomic E-state index is -0.574. The predicted molar refractivity (Wildman–Crippen MR) is 214 cm³/mol. The molecule has 7 heterocycles. The van der Waals surface area contributed by atoms with E-state index >= 15 is 0 Å². The topological polar surface area (TPSA) is 137 Å². The summed E-state index contributed by atoms with van der Waals surface area (Å²) in [7, 11) is 0. The number of hydrogen-bond donors (Lipinski definition) is 2. The number of carbonyl (C=O) groups is 4. The van der Waals surface area contributed by atoms with E-state index in [2.05, 4.69) is 25.5 Å². The van der Waals surface area contributed by atoms with Crippen molar-refractivity contribution in [3.8, 4) is 20.9 Å². The van der Waals surface area contributed by atoms with Gasteiger partial charge in [0.05, 0.1) is 23.0 Å². The third-order valence-corrected chi connectivity index (χ3v) is 12.5. The van der Waals surface area contributed by atoms with Crippen LogP contribution in [-0.4, -0.2) is 94.6 Å². The molecule has 8 rings (SSSR count). The highest BCUT2D eigenvalue weighted by Gasteiger charge is 2.51. The van der Waals surface area contributed by atoms with E-state index in [1.807, 2.05) is 83.8 Å². The van der Waals surface area contributed by atoms with Crippen LogP contribution in [-0.2, 0) is 9.53 Å². The van der Waals surface area contributed by atoms with Gasteiger partial charge in [0.1, 0.15) is 5.54 Å². The Morgan fingerprint density at radius 3 is 1.96 bits per heavy atom. The molecule has 0 aliphatic carbocycles. The lowest BCUT2D eigenvalue weighted by molar-refractivity contribution is -0.124. The molecule has 4 aromatic heterocycles. The molecular weight excluding hydrogens is 735 g/mol. The largest absolute Gasteiger partial charge is 0.450 e. The second-order valence-electron chi connectivity index (χ2n) is 13.5. The summed E-state index contributed by atoms with van der Waals surface area (Å²) in [5.74, 6) is 0.0502. The number of rotatable bonds is 7. The minimum Gasteiger partial charge on any atom is -0.450 e. The Morgan fingerprint density at radius 1 is 0.782 bits per heavy atom. The zero-order valence-corrected chi connectivity index (χ0v) is 32.2. The van der Waals surface area contributed by atoms with E-state index in [0.717, 1.165) is 44.3 Å². The van der Waals surface area contributed by atoms with Crippen LogP contribution in [0, 0.1) is 0 Å². The van der Waals surface area contributed by atoms with Crippen molar-refractivity contribution in [2.45, 2.75) is 44.2 Å². The van der Waals surface area contributed by atoms with Crippen molar-refractivity contribution < 1.29 is 23.9 Å². The third-order valence-electron chi connectivity index (χ3n) is 10.2. The molecule has 2 N–H and O–H groups in total. The van der Waals surface area contributed by atoms with Crippen molar-refractivity contribution in [3.05, 3.63) is 113 Å². The molecule has 0 unspecified atom stereocenters. The van der Waals surface area contributed by atoms with Crippen LogP contribution < -0.4 is 15.5 Å². The summed E-state index contributed by atoms with van der Waals surface area (Å²) in [4.78, 5) is 67.3. The first-order chi connectivity index (χ1) is 26.8. The Hall–Kier alpha value is -5.60. The SMILES string of the molecule is CCOC(=O)N1CCC(NC(=O)c2ccc(-c3ccncc3)s2)CC1.O=C(c1ccc(-c2ccncc2)s1)N1CCC2(CC1)C(=O)NCN2c1ccccc1. The Bertz CT molecular complexity index is 2080. The Kier molecular flexibility index (Phi) is 11.8. The van der Waals surface area contributed by atoms with Crippen molar-refractivity contribution in [1.82, 2.24) is 30.4 Å². The monoisotopic (exact) mass is 777 g/mol. The summed E-state index contributed by atoms with van der Waals surface area (Å²) >= 11 is 2.97. The number of aromatic nitrogens is 2. The summed E-state index contributed by atoms with van der Waals surface area (Å²) in [5, 5.41) is 6.08. The van der Waals surface area contributed by atoms with Crippen LogP contribution in [0.15, 0.2) is 104 Å². The van der Waals surface area contributed by atoms with Crippen LogP contribution in [0.4, 0.5) is 10.5 Å². The number of likely N-dealkylation sites (tertiary alicyclic amines) is 2. The molecule has 3 saturated heterocycles. The second-order valence-corrected chi connectivity index (χ2v) is 15.7. The van der Waals surface area contributed by atoms with Gasteiger partial charge in [0.2, 0.25) is 5.91 Å². The Morgan fingerprint density at radius 2 is 1.36 bits per heavy atom. The predicted octanol–water partition coefficient (Wildman–Crippen LogP) is 6.54. The number of hydrogen-bond acceptors (Lipinski definition) is 10. The summed E-state index contributed by atoms with van der Waals surface area (Å²) in [6.45, 7) is 5.04. The van der Waals surface area contributed by atoms with Crippen LogP contribution in [0.1, 0.15) is 52.0 Å². The maximum Gasteiger partial charge on any atom is 0.409 e. The highest BCUT2D eigenvalue weighted by Crippen LogP contribution is 2.37. The number of anilines is 1. The number of piperidine rings is 2. The lowest BCUT2D eigenvalue weighted by atomic mass is 9.85. The number of para-hydroxylation sites is 1. The van der Waals surface area contributed by atoms with Gasteiger partial charge in [-0.25, -0.2) is 4.79 Å². The van der Waals surface area contributed by atoms with Crippen molar-refractivity contribution >= 4 is 52.2 Å². The van der Waals surface area contributed by atoms with E-state index in [1.165, 1.54) is 22.7 Å². The molecule has 3 aliphatic heterocycles. The first-order valence-corrected chi connectivity index (χ1v) is 20.1. The maximum absolute atomic E-state index is 13.1. The molecule has 1 spiro atoms. The van der Waals surface area contributed by atoms with Crippen molar-refractivity contribution in [2.24, 2.45) is 0 Å². The number of benzene rings is 1. The molecule has 284 valence electrons. The number of thiophene rings is 2. The highest BCUT2D eigenvalue weighted by molar-refractivity contribution is 7.17. The van der Waals surface area contributed by atoms with Gasteiger partial charge in [0, 0.05) is 72.4 Å². The number of pyridine rings is 2. The summed E-state index contributed by atoms with van der Waals surface area (Å²) in [5.41, 5.74) is 2.58. The Balaban J connectivity index is 0.000000172. The molecule has 12 nitrogen and oxygen atoms in total. The highest BCUT2D eigenvalue weighted by atomic mass is 32.1. The van der Waals surface area contributed by atoms with Gasteiger partial charge in [-0.2, -0.15) is 0 Å². The zero-order valence-electron chi connectivity index (χ0n) is 30.6. The van der Waals surface area contributed by atoms with Crippen molar-refractivity contribution in [2.75, 3.05) is 44.4 Å². The molecule has 0 atom stereocenters. The molecular formula is C41H43N7O5S2. The van der Waals surface area contributed by atoms with Crippen LogP contribution in [0.5, 0.6) is 0 Å². The molecule has 3 aliphatic rings. The van der Waals surface area contributed by atoms with Crippen molar-refractivity contribution in [3.63, 3.8) is 0 Å². The number of carbonyl (C=O) groups excluding carboxylic acids is 4. The summed E-state index contributed by atoms with van der Waals surface area (Å²) in [6, 6.07) is 25.5. The van der Waals surface area contributed by atoms with E-state index in [-0.39, 0.29) is 29.9 Å². The third kappa shape index (κ3) is 8.55. The maximum atomic E-state index is 13.1. The zero-order chi connectivity index (χ0) is 38.2. The fourth-order valence-corrected chi connectivity index (χ4v) is 9.10. The van der Waals surface area contributed by atoms with E-state index in [0.29, 0.717) is 57.2 Å². The molecule has 0 saturated carbocycles. The standard InChI is InChI=1S/C23H22N4O2S.C18H21N3O3S/c28-21(20-7-6-19(30-20)17-8-12-24-13-9-17)26-14-10-23(11-15-26)22(29)25-16-27(23)18-4-2-1-3-5-18;1-2-24-18(23)21-11-7-14(8-12-21)20-17(22)16-4-3-15(25-16)13-5-9-19-10-6-13/h1-9,12-13H,10-11,14-16H2,(H,25,29);3-6,9-10,14H,2,7-8,11-12H2,1H3,(H,20,22). The fraction of sp³-hybridized carbons (Fsp3) is 0.317. The molecule has 1 aromatic carbocycles. The normalized spacial score (nSPS) is 16.6. The molecule has 5 aromatic rings. The first kappa shape index (κ1) is 37.7. The van der Waals surface area contributed by atoms with Gasteiger partial charge in [-0.05, 0) is 104 Å². The molecule has 55 heavy (non-hydrogen) atoms. The Labute approximate surface area is 328 Å². The van der Waals surface area contributed by atoms with Crippen LogP contribution in [0.25, 0.3) is 20.9 Å². The molecule has 3 fully saturated rings.